The molecule has 0 heterocycles. The third-order valence-corrected chi connectivity index (χ3v) is 6.21. The van der Waals surface area contributed by atoms with E-state index in [1.165, 1.54) is 5.56 Å². The van der Waals surface area contributed by atoms with Crippen LogP contribution in [0.2, 0.25) is 0 Å². The van der Waals surface area contributed by atoms with Gasteiger partial charge in [-0.1, -0.05) is 67.1 Å². The number of benzene rings is 2. The van der Waals surface area contributed by atoms with Crippen LogP contribution in [0.3, 0.4) is 0 Å². The van der Waals surface area contributed by atoms with Crippen LogP contribution in [0.5, 0.6) is 0 Å². The van der Waals surface area contributed by atoms with Crippen LogP contribution in [0, 0.1) is 6.92 Å². The van der Waals surface area contributed by atoms with Gasteiger partial charge in [0, 0.05) is 30.5 Å². The third kappa shape index (κ3) is 7.86. The van der Waals surface area contributed by atoms with E-state index in [-0.39, 0.29) is 17.9 Å². The fraction of sp³-hybridized carbons (Fsp3) is 0.440. The van der Waals surface area contributed by atoms with Crippen molar-refractivity contribution in [1.29, 1.82) is 0 Å². The summed E-state index contributed by atoms with van der Waals surface area (Å²) < 4.78 is 0. The van der Waals surface area contributed by atoms with Crippen molar-refractivity contribution in [3.63, 3.8) is 0 Å². The summed E-state index contributed by atoms with van der Waals surface area (Å²) in [6, 6.07) is 18.0. The van der Waals surface area contributed by atoms with E-state index in [4.69, 9.17) is 0 Å². The van der Waals surface area contributed by atoms with Gasteiger partial charge in [0.1, 0.15) is 6.04 Å². The average Bonchev–Trinajstić information content (AvgIpc) is 2.75. The van der Waals surface area contributed by atoms with E-state index in [0.29, 0.717) is 13.0 Å². The van der Waals surface area contributed by atoms with Crippen molar-refractivity contribution < 1.29 is 9.59 Å². The Bertz CT molecular complexity index is 810. The van der Waals surface area contributed by atoms with E-state index < -0.39 is 6.04 Å². The number of thioether (sulfide) groups is 1. The lowest BCUT2D eigenvalue weighted by Crippen LogP contribution is -2.49. The minimum Gasteiger partial charge on any atom is -0.352 e. The van der Waals surface area contributed by atoms with Crippen LogP contribution in [0.4, 0.5) is 0 Å². The zero-order valence-corrected chi connectivity index (χ0v) is 19.4. The number of rotatable bonds is 11. The summed E-state index contributed by atoms with van der Waals surface area (Å²) >= 11 is 1.75. The molecule has 0 fully saturated rings. The molecule has 0 aliphatic rings. The van der Waals surface area contributed by atoms with Gasteiger partial charge in [-0.15, -0.1) is 0 Å². The zero-order chi connectivity index (χ0) is 21.9. The van der Waals surface area contributed by atoms with E-state index in [1.807, 2.05) is 64.1 Å². The van der Waals surface area contributed by atoms with Gasteiger partial charge in [0.2, 0.25) is 11.8 Å². The summed E-state index contributed by atoms with van der Waals surface area (Å²) in [5, 5.41) is 3.01. The van der Waals surface area contributed by atoms with E-state index in [1.54, 1.807) is 16.7 Å². The predicted octanol–water partition coefficient (Wildman–Crippen LogP) is 4.95. The van der Waals surface area contributed by atoms with Crippen molar-refractivity contribution in [3.8, 4) is 0 Å². The number of carbonyl (C=O) groups is 2. The second-order valence-corrected chi connectivity index (χ2v) is 8.90. The third-order valence-electron chi connectivity index (χ3n) is 5.18. The molecule has 0 unspecified atom stereocenters. The van der Waals surface area contributed by atoms with Gasteiger partial charge in [-0.05, 0) is 38.3 Å². The molecule has 5 heteroatoms. The van der Waals surface area contributed by atoms with Gasteiger partial charge >= 0.3 is 0 Å². The van der Waals surface area contributed by atoms with Crippen LogP contribution < -0.4 is 5.32 Å². The maximum Gasteiger partial charge on any atom is 0.242 e. The normalized spacial score (nSPS) is 12.8. The first-order valence-corrected chi connectivity index (χ1v) is 11.8. The highest BCUT2D eigenvalue weighted by molar-refractivity contribution is 7.98. The first kappa shape index (κ1) is 24.0. The molecule has 0 aliphatic carbocycles. The molecule has 1 N–H and O–H groups in total. The Balaban J connectivity index is 2.01. The monoisotopic (exact) mass is 426 g/mol. The molecule has 162 valence electrons. The Morgan fingerprint density at radius 2 is 1.73 bits per heavy atom. The number of nitrogens with one attached hydrogen (secondary N) is 1. The van der Waals surface area contributed by atoms with Crippen molar-refractivity contribution >= 4 is 23.6 Å². The van der Waals surface area contributed by atoms with Gasteiger partial charge < -0.3 is 10.2 Å². The summed E-state index contributed by atoms with van der Waals surface area (Å²) in [6.45, 7) is 8.32. The van der Waals surface area contributed by atoms with Gasteiger partial charge in [-0.25, -0.2) is 0 Å². The van der Waals surface area contributed by atoms with Crippen molar-refractivity contribution in [2.24, 2.45) is 0 Å². The van der Waals surface area contributed by atoms with E-state index >= 15 is 0 Å². The van der Waals surface area contributed by atoms with Gasteiger partial charge in [-0.3, -0.25) is 9.59 Å². The highest BCUT2D eigenvalue weighted by atomic mass is 32.2. The van der Waals surface area contributed by atoms with Crippen LogP contribution in [0.1, 0.15) is 50.3 Å². The summed E-state index contributed by atoms with van der Waals surface area (Å²) in [5.74, 6) is 1.54. The lowest BCUT2D eigenvalue weighted by Gasteiger charge is -2.30. The summed E-state index contributed by atoms with van der Waals surface area (Å²) in [6.07, 6.45) is 1.28. The number of carbonyl (C=O) groups excluding carboxylic acids is 2. The molecule has 4 nitrogen and oxygen atoms in total. The number of aryl methyl sites for hydroxylation is 1. The van der Waals surface area contributed by atoms with E-state index in [2.05, 4.69) is 23.5 Å². The second-order valence-electron chi connectivity index (χ2n) is 7.79. The maximum absolute atomic E-state index is 13.1. The molecule has 0 aliphatic heterocycles. The van der Waals surface area contributed by atoms with Gasteiger partial charge in [0.25, 0.3) is 0 Å². The molecular weight excluding hydrogens is 392 g/mol. The minimum absolute atomic E-state index is 0.0175. The van der Waals surface area contributed by atoms with Crippen LogP contribution in [0.15, 0.2) is 54.6 Å². The highest BCUT2D eigenvalue weighted by Gasteiger charge is 2.26. The highest BCUT2D eigenvalue weighted by Crippen LogP contribution is 2.16. The van der Waals surface area contributed by atoms with Gasteiger partial charge in [-0.2, -0.15) is 11.8 Å². The van der Waals surface area contributed by atoms with Crippen molar-refractivity contribution in [1.82, 2.24) is 10.2 Å². The number of hydrogen-bond acceptors (Lipinski definition) is 3. The van der Waals surface area contributed by atoms with Gasteiger partial charge in [0.05, 0.1) is 0 Å². The first-order chi connectivity index (χ1) is 14.4. The summed E-state index contributed by atoms with van der Waals surface area (Å²) in [7, 11) is 0. The second kappa shape index (κ2) is 12.4. The Labute approximate surface area is 185 Å². The van der Waals surface area contributed by atoms with Crippen LogP contribution >= 0.6 is 11.8 Å². The van der Waals surface area contributed by atoms with Gasteiger partial charge in [0.15, 0.2) is 0 Å². The fourth-order valence-electron chi connectivity index (χ4n) is 3.12. The lowest BCUT2D eigenvalue weighted by molar-refractivity contribution is -0.140. The summed E-state index contributed by atoms with van der Waals surface area (Å²) in [4.78, 5) is 27.5. The molecule has 0 saturated carbocycles. The molecule has 2 atom stereocenters. The first-order valence-electron chi connectivity index (χ1n) is 10.7. The quantitative estimate of drug-likeness (QED) is 0.517. The molecule has 2 amide bonds. The molecule has 0 spiro atoms. The summed E-state index contributed by atoms with van der Waals surface area (Å²) in [5.41, 5.74) is 3.45. The average molecular weight is 427 g/mol. The molecular formula is C25H34N2O2S. The number of hydrogen-bond donors (Lipinski definition) is 1. The van der Waals surface area contributed by atoms with Crippen LogP contribution in [-0.2, 0) is 21.9 Å². The zero-order valence-electron chi connectivity index (χ0n) is 18.6. The molecule has 2 aromatic carbocycles. The Morgan fingerprint density at radius 3 is 2.40 bits per heavy atom. The Kier molecular flexibility index (Phi) is 9.95. The molecule has 30 heavy (non-hydrogen) atoms. The number of nitrogens with zero attached hydrogens (tertiary/aromatic N) is 1. The van der Waals surface area contributed by atoms with Crippen molar-refractivity contribution in [2.75, 3.05) is 5.75 Å². The topological polar surface area (TPSA) is 49.4 Å². The van der Waals surface area contributed by atoms with Crippen LogP contribution in [0.25, 0.3) is 0 Å². The fourth-order valence-corrected chi connectivity index (χ4v) is 4.01. The Hall–Kier alpha value is -2.27. The molecule has 0 bridgehead atoms. The molecule has 2 rings (SSSR count). The minimum atomic E-state index is -0.508. The standard InChI is InChI=1S/C25H34N2O2S/c1-5-20(3)26-25(29)21(4)27(17-23-13-9-10-19(2)16-23)24(28)14-15-30-18-22-11-7-6-8-12-22/h6-13,16,20-21H,5,14-15,17-18H2,1-4H3,(H,26,29)/t20-,21-/m1/s1. The van der Waals surface area contributed by atoms with Crippen molar-refractivity contribution in [3.05, 3.63) is 71.3 Å². The lowest BCUT2D eigenvalue weighted by atomic mass is 10.1. The smallest absolute Gasteiger partial charge is 0.242 e. The van der Waals surface area contributed by atoms with Crippen LogP contribution in [-0.4, -0.2) is 34.6 Å². The maximum atomic E-state index is 13.1. The Morgan fingerprint density at radius 1 is 1.03 bits per heavy atom. The predicted molar refractivity (Wildman–Crippen MR) is 126 cm³/mol. The number of amides is 2. The molecule has 2 aromatic rings. The largest absolute Gasteiger partial charge is 0.352 e. The molecule has 0 aromatic heterocycles. The van der Waals surface area contributed by atoms with E-state index in [0.717, 1.165) is 29.1 Å². The van der Waals surface area contributed by atoms with E-state index in [9.17, 15) is 9.59 Å². The molecule has 0 saturated heterocycles. The SMILES string of the molecule is CC[C@@H](C)NC(=O)[C@@H](C)N(Cc1cccc(C)c1)C(=O)CCSCc1ccccc1. The molecule has 0 radical (unpaired) electrons. The van der Waals surface area contributed by atoms with Crippen molar-refractivity contribution in [2.45, 2.75) is 64.9 Å².